The second-order valence-corrected chi connectivity index (χ2v) is 8.44. The van der Waals surface area contributed by atoms with Crippen molar-refractivity contribution < 1.29 is 33.3 Å². The zero-order valence-corrected chi connectivity index (χ0v) is 16.1. The lowest BCUT2D eigenvalue weighted by Crippen LogP contribution is -2.28. The quantitative estimate of drug-likeness (QED) is 0.736. The molecule has 2 saturated carbocycles. The first-order valence-electron chi connectivity index (χ1n) is 9.24. The highest BCUT2D eigenvalue weighted by Gasteiger charge is 2.53. The van der Waals surface area contributed by atoms with E-state index < -0.39 is 17.7 Å². The minimum atomic E-state index is -0.661. The summed E-state index contributed by atoms with van der Waals surface area (Å²) in [5.74, 6) is -1.14. The molecule has 0 amide bonds. The monoisotopic (exact) mass is 368 g/mol. The molecule has 2 aliphatic carbocycles. The summed E-state index contributed by atoms with van der Waals surface area (Å²) < 4.78 is 22.0. The molecule has 146 valence electrons. The van der Waals surface area contributed by atoms with Gasteiger partial charge in [0.1, 0.15) is 18.0 Å². The smallest absolute Gasteiger partial charge is 0.167 e. The summed E-state index contributed by atoms with van der Waals surface area (Å²) >= 11 is 0. The minimum Gasteiger partial charge on any atom is -0.344 e. The minimum absolute atomic E-state index is 0.0255. The topological polar surface area (TPSA) is 88.1 Å². The lowest BCUT2D eigenvalue weighted by atomic mass is 10.0. The summed E-state index contributed by atoms with van der Waals surface area (Å²) in [6, 6.07) is 0. The molecule has 7 nitrogen and oxygen atoms in total. The van der Waals surface area contributed by atoms with Gasteiger partial charge >= 0.3 is 0 Å². The van der Waals surface area contributed by atoms with Crippen molar-refractivity contribution >= 4 is 17.3 Å². The van der Waals surface area contributed by atoms with Gasteiger partial charge in [-0.15, -0.1) is 0 Å². The zero-order valence-electron chi connectivity index (χ0n) is 16.1. The third kappa shape index (κ3) is 4.06. The second-order valence-electron chi connectivity index (χ2n) is 8.44. The number of ketones is 3. The third-order valence-corrected chi connectivity index (χ3v) is 5.09. The van der Waals surface area contributed by atoms with E-state index in [4.69, 9.17) is 18.9 Å². The molecule has 7 heteroatoms. The first-order valence-corrected chi connectivity index (χ1v) is 9.24. The molecular formula is C19H28O7. The predicted molar refractivity (Wildman–Crippen MR) is 90.3 cm³/mol. The molecule has 0 aromatic carbocycles. The van der Waals surface area contributed by atoms with Crippen LogP contribution in [0.5, 0.6) is 0 Å². The maximum absolute atomic E-state index is 11.9. The van der Waals surface area contributed by atoms with E-state index in [-0.39, 0.29) is 41.6 Å². The predicted octanol–water partition coefficient (Wildman–Crippen LogP) is 1.94. The second kappa shape index (κ2) is 6.78. The van der Waals surface area contributed by atoms with E-state index in [0.717, 1.165) is 6.42 Å². The lowest BCUT2D eigenvalue weighted by molar-refractivity contribution is -0.163. The molecule has 2 heterocycles. The number of Topliss-reactive ketones (excluding diaryl/α,β-unsaturated/α-hetero) is 3. The summed E-state index contributed by atoms with van der Waals surface area (Å²) in [6.07, 6.45) is 1.52. The number of ether oxygens (including phenoxy) is 4. The zero-order chi connectivity index (χ0) is 19.3. The Bertz CT molecular complexity index is 609. The Morgan fingerprint density at radius 2 is 1.54 bits per heavy atom. The van der Waals surface area contributed by atoms with Crippen LogP contribution in [0.3, 0.4) is 0 Å². The van der Waals surface area contributed by atoms with Gasteiger partial charge in [0.2, 0.25) is 0 Å². The summed E-state index contributed by atoms with van der Waals surface area (Å²) in [7, 11) is 0. The molecule has 4 aliphatic rings. The Hall–Kier alpha value is -1.15. The van der Waals surface area contributed by atoms with E-state index in [9.17, 15) is 14.4 Å². The van der Waals surface area contributed by atoms with Crippen LogP contribution >= 0.6 is 0 Å². The maximum atomic E-state index is 11.9. The Kier molecular flexibility index (Phi) is 5.11. The van der Waals surface area contributed by atoms with Crippen molar-refractivity contribution in [1.29, 1.82) is 0 Å². The van der Waals surface area contributed by atoms with Crippen molar-refractivity contribution in [3.63, 3.8) is 0 Å². The van der Waals surface area contributed by atoms with Crippen LogP contribution in [0, 0.1) is 5.92 Å². The summed E-state index contributed by atoms with van der Waals surface area (Å²) in [6.45, 7) is 8.81. The Morgan fingerprint density at radius 1 is 0.962 bits per heavy atom. The largest absolute Gasteiger partial charge is 0.344 e. The summed E-state index contributed by atoms with van der Waals surface area (Å²) in [4.78, 5) is 34.0. The highest BCUT2D eigenvalue weighted by Crippen LogP contribution is 2.40. The van der Waals surface area contributed by atoms with Gasteiger partial charge in [0, 0.05) is 18.8 Å². The van der Waals surface area contributed by atoms with E-state index >= 15 is 0 Å². The van der Waals surface area contributed by atoms with Crippen LogP contribution in [0.2, 0.25) is 0 Å². The van der Waals surface area contributed by atoms with Gasteiger partial charge in [-0.1, -0.05) is 0 Å². The summed E-state index contributed by atoms with van der Waals surface area (Å²) in [5.41, 5.74) is 0. The van der Waals surface area contributed by atoms with Gasteiger partial charge in [0.25, 0.3) is 0 Å². The van der Waals surface area contributed by atoms with Gasteiger partial charge in [0.15, 0.2) is 23.1 Å². The van der Waals surface area contributed by atoms with Crippen molar-refractivity contribution in [2.75, 3.05) is 0 Å². The van der Waals surface area contributed by atoms with E-state index in [2.05, 4.69) is 0 Å². The van der Waals surface area contributed by atoms with Gasteiger partial charge in [0.05, 0.1) is 12.2 Å². The highest BCUT2D eigenvalue weighted by atomic mass is 16.8. The van der Waals surface area contributed by atoms with Gasteiger partial charge in [-0.25, -0.2) is 0 Å². The van der Waals surface area contributed by atoms with E-state index in [1.54, 1.807) is 13.8 Å². The molecule has 2 aliphatic heterocycles. The molecule has 0 unspecified atom stereocenters. The standard InChI is InChI=1S/C11H16O4.C8H12O3/c1-6(12)4-7-5-8-10(9(7)13)15-11(2,3)14-8;1-8(2)10-6-4-3-5(9)7(6)11-8/h7-8,10H,4-5H2,1-3H3;6-7H,3-4H2,1-2H3/t7-,8-,10-;6-,7+/m11/s1. The molecule has 0 radical (unpaired) electrons. The van der Waals surface area contributed by atoms with Crippen molar-refractivity contribution in [1.82, 2.24) is 0 Å². The molecule has 4 fully saturated rings. The Morgan fingerprint density at radius 3 is 2.08 bits per heavy atom. The molecule has 0 N–H and O–H groups in total. The van der Waals surface area contributed by atoms with Crippen LogP contribution in [0.15, 0.2) is 0 Å². The van der Waals surface area contributed by atoms with Crippen molar-refractivity contribution in [3.05, 3.63) is 0 Å². The van der Waals surface area contributed by atoms with Crippen LogP contribution in [0.25, 0.3) is 0 Å². The van der Waals surface area contributed by atoms with Crippen LogP contribution < -0.4 is 0 Å². The molecular weight excluding hydrogens is 340 g/mol. The first kappa shape index (κ1) is 19.6. The molecule has 0 aromatic rings. The molecule has 0 bridgehead atoms. The van der Waals surface area contributed by atoms with Gasteiger partial charge in [-0.2, -0.15) is 0 Å². The fourth-order valence-corrected chi connectivity index (χ4v) is 4.15. The Labute approximate surface area is 153 Å². The average molecular weight is 368 g/mol. The SMILES string of the molecule is CC(=O)C[C@@H]1C[C@H]2OC(C)(C)O[C@H]2C1=O.CC1(C)O[C@@H]2CCC(=O)[C@@H]2O1. The molecule has 26 heavy (non-hydrogen) atoms. The van der Waals surface area contributed by atoms with E-state index in [1.165, 1.54) is 6.92 Å². The van der Waals surface area contributed by atoms with Crippen molar-refractivity contribution in [3.8, 4) is 0 Å². The van der Waals surface area contributed by atoms with Gasteiger partial charge < -0.3 is 23.7 Å². The lowest BCUT2D eigenvalue weighted by Gasteiger charge is -2.19. The van der Waals surface area contributed by atoms with Gasteiger partial charge in [-0.3, -0.25) is 9.59 Å². The third-order valence-electron chi connectivity index (χ3n) is 5.09. The number of carbonyl (C=O) groups is 3. The number of fused-ring (bicyclic) bond motifs is 2. The molecule has 0 aromatic heterocycles. The number of rotatable bonds is 2. The number of hydrogen-bond donors (Lipinski definition) is 0. The van der Waals surface area contributed by atoms with Crippen molar-refractivity contribution in [2.24, 2.45) is 5.92 Å². The molecule has 0 spiro atoms. The van der Waals surface area contributed by atoms with Crippen LogP contribution in [-0.4, -0.2) is 53.3 Å². The highest BCUT2D eigenvalue weighted by molar-refractivity contribution is 5.92. The first-order chi connectivity index (χ1) is 12.0. The van der Waals surface area contributed by atoms with Gasteiger partial charge in [-0.05, 0) is 47.5 Å². The molecule has 5 atom stereocenters. The Balaban J connectivity index is 0.000000158. The fraction of sp³-hybridized carbons (Fsp3) is 0.842. The van der Waals surface area contributed by atoms with Crippen LogP contribution in [0.1, 0.15) is 60.3 Å². The van der Waals surface area contributed by atoms with Crippen LogP contribution in [-0.2, 0) is 33.3 Å². The van der Waals surface area contributed by atoms with E-state index in [0.29, 0.717) is 19.3 Å². The molecule has 4 rings (SSSR count). The maximum Gasteiger partial charge on any atom is 0.167 e. The van der Waals surface area contributed by atoms with E-state index in [1.807, 2.05) is 13.8 Å². The normalized spacial score (nSPS) is 39.3. The molecule has 2 saturated heterocycles. The van der Waals surface area contributed by atoms with Crippen LogP contribution in [0.4, 0.5) is 0 Å². The number of carbonyl (C=O) groups excluding carboxylic acids is 3. The van der Waals surface area contributed by atoms with Crippen molar-refractivity contribution in [2.45, 2.75) is 96.3 Å². The number of hydrogen-bond acceptors (Lipinski definition) is 7. The average Bonchev–Trinajstić information content (AvgIpc) is 3.15. The fourth-order valence-electron chi connectivity index (χ4n) is 4.15. The summed E-state index contributed by atoms with van der Waals surface area (Å²) in [5, 5.41) is 0.